The van der Waals surface area contributed by atoms with Crippen LogP contribution in [-0.4, -0.2) is 22.1 Å². The van der Waals surface area contributed by atoms with Crippen molar-refractivity contribution in [2.75, 3.05) is 6.61 Å². The third-order valence-electron chi connectivity index (χ3n) is 3.96. The van der Waals surface area contributed by atoms with Crippen LogP contribution in [0, 0.1) is 0 Å². The average molecular weight is 421 g/mol. The second-order valence-corrected chi connectivity index (χ2v) is 7.24. The fraction of sp³-hybridized carbons (Fsp3) is 0.278. The van der Waals surface area contributed by atoms with E-state index < -0.39 is 12.0 Å². The van der Waals surface area contributed by atoms with Crippen LogP contribution >= 0.6 is 27.3 Å². The van der Waals surface area contributed by atoms with Crippen LogP contribution in [0.15, 0.2) is 45.2 Å². The minimum Gasteiger partial charge on any atom is -0.464 e. The lowest BCUT2D eigenvalue weighted by atomic mass is 10.1. The number of hydrogen-bond donors (Lipinski definition) is 0. The summed E-state index contributed by atoms with van der Waals surface area (Å²) in [5.41, 5.74) is 1.55. The molecule has 0 aliphatic rings. The summed E-state index contributed by atoms with van der Waals surface area (Å²) in [5.74, 6) is -0.409. The van der Waals surface area contributed by atoms with Crippen molar-refractivity contribution in [3.8, 4) is 11.1 Å². The van der Waals surface area contributed by atoms with E-state index >= 15 is 0 Å². The fourth-order valence-corrected chi connectivity index (χ4v) is 3.90. The van der Waals surface area contributed by atoms with E-state index in [-0.39, 0.29) is 12.2 Å². The third kappa shape index (κ3) is 3.39. The lowest BCUT2D eigenvalue weighted by Gasteiger charge is -2.16. The number of benzene rings is 1. The van der Waals surface area contributed by atoms with Gasteiger partial charge in [0.1, 0.15) is 10.9 Å². The SMILES string of the molecule is CCOC(=O)C(CC)n1cnc2scc(-c3ccc(Br)cc3)c2c1=O. The van der Waals surface area contributed by atoms with E-state index in [1.54, 1.807) is 6.92 Å². The van der Waals surface area contributed by atoms with Gasteiger partial charge in [-0.15, -0.1) is 11.3 Å². The maximum absolute atomic E-state index is 13.1. The van der Waals surface area contributed by atoms with Crippen LogP contribution < -0.4 is 5.56 Å². The first-order chi connectivity index (χ1) is 12.1. The lowest BCUT2D eigenvalue weighted by Crippen LogP contribution is -2.31. The highest BCUT2D eigenvalue weighted by Gasteiger charge is 2.23. The van der Waals surface area contributed by atoms with E-state index in [4.69, 9.17) is 4.74 Å². The van der Waals surface area contributed by atoms with Crippen LogP contribution in [0.2, 0.25) is 0 Å². The molecule has 0 fully saturated rings. The lowest BCUT2D eigenvalue weighted by molar-refractivity contribution is -0.147. The number of aromatic nitrogens is 2. The van der Waals surface area contributed by atoms with Crippen molar-refractivity contribution in [2.24, 2.45) is 0 Å². The number of nitrogens with zero attached hydrogens (tertiary/aromatic N) is 2. The molecular weight excluding hydrogens is 404 g/mol. The Morgan fingerprint density at radius 1 is 1.32 bits per heavy atom. The molecule has 0 saturated heterocycles. The number of rotatable bonds is 5. The highest BCUT2D eigenvalue weighted by Crippen LogP contribution is 2.31. The Kier molecular flexibility index (Phi) is 5.34. The molecule has 3 aromatic rings. The van der Waals surface area contributed by atoms with Crippen molar-refractivity contribution in [1.29, 1.82) is 0 Å². The highest BCUT2D eigenvalue weighted by atomic mass is 79.9. The van der Waals surface area contributed by atoms with Gasteiger partial charge >= 0.3 is 5.97 Å². The van der Waals surface area contributed by atoms with Gasteiger partial charge in [0, 0.05) is 15.4 Å². The minimum atomic E-state index is -0.665. The zero-order valence-corrected chi connectivity index (χ0v) is 16.3. The second-order valence-electron chi connectivity index (χ2n) is 5.47. The average Bonchev–Trinajstić information content (AvgIpc) is 3.03. The first-order valence-electron chi connectivity index (χ1n) is 7.97. The maximum atomic E-state index is 13.1. The molecule has 0 radical (unpaired) electrons. The van der Waals surface area contributed by atoms with Crippen molar-refractivity contribution >= 4 is 43.5 Å². The smallest absolute Gasteiger partial charge is 0.329 e. The molecule has 1 unspecified atom stereocenters. The number of esters is 1. The standard InChI is InChI=1S/C18H17BrN2O3S/c1-3-14(18(23)24-4-2)21-10-20-16-15(17(21)22)13(9-25-16)11-5-7-12(19)8-6-11/h5-10,14H,3-4H2,1-2H3. The predicted octanol–water partition coefficient (Wildman–Crippen LogP) is 4.40. The Morgan fingerprint density at radius 2 is 2.04 bits per heavy atom. The monoisotopic (exact) mass is 420 g/mol. The normalized spacial score (nSPS) is 12.3. The number of hydrogen-bond acceptors (Lipinski definition) is 5. The molecule has 0 aliphatic carbocycles. The van der Waals surface area contributed by atoms with E-state index in [1.165, 1.54) is 22.2 Å². The van der Waals surface area contributed by atoms with Crippen molar-refractivity contribution in [3.63, 3.8) is 0 Å². The minimum absolute atomic E-state index is 0.218. The largest absolute Gasteiger partial charge is 0.464 e. The number of ether oxygens (including phenoxy) is 1. The van der Waals surface area contributed by atoms with Crippen LogP contribution in [0.4, 0.5) is 0 Å². The van der Waals surface area contributed by atoms with E-state index in [0.29, 0.717) is 16.6 Å². The molecule has 130 valence electrons. The fourth-order valence-electron chi connectivity index (χ4n) is 2.72. The molecular formula is C18H17BrN2O3S. The number of halogens is 1. The Balaban J connectivity index is 2.16. The van der Waals surface area contributed by atoms with Gasteiger partial charge in [-0.2, -0.15) is 0 Å². The molecule has 0 bridgehead atoms. The molecule has 3 rings (SSSR count). The summed E-state index contributed by atoms with van der Waals surface area (Å²) in [6, 6.07) is 7.10. The van der Waals surface area contributed by atoms with Crippen molar-refractivity contribution < 1.29 is 9.53 Å². The zero-order valence-electron chi connectivity index (χ0n) is 13.9. The van der Waals surface area contributed by atoms with Gasteiger partial charge in [0.15, 0.2) is 0 Å². The van der Waals surface area contributed by atoms with Crippen molar-refractivity contribution in [3.05, 3.63) is 50.8 Å². The zero-order chi connectivity index (χ0) is 18.0. The van der Waals surface area contributed by atoms with Crippen LogP contribution in [0.1, 0.15) is 26.3 Å². The summed E-state index contributed by atoms with van der Waals surface area (Å²) in [5, 5.41) is 2.47. The van der Waals surface area contributed by atoms with Gasteiger partial charge in [-0.25, -0.2) is 9.78 Å². The molecule has 1 aromatic carbocycles. The number of carbonyl (C=O) groups is 1. The number of thiophene rings is 1. The first kappa shape index (κ1) is 17.8. The van der Waals surface area contributed by atoms with Crippen molar-refractivity contribution in [1.82, 2.24) is 9.55 Å². The molecule has 0 aliphatic heterocycles. The topological polar surface area (TPSA) is 61.2 Å². The summed E-state index contributed by atoms with van der Waals surface area (Å²) in [4.78, 5) is 30.3. The van der Waals surface area contributed by atoms with E-state index in [1.807, 2.05) is 36.6 Å². The van der Waals surface area contributed by atoms with Gasteiger partial charge in [0.25, 0.3) is 5.56 Å². The molecule has 1 atom stereocenters. The molecule has 0 N–H and O–H groups in total. The molecule has 0 spiro atoms. The second kappa shape index (κ2) is 7.49. The molecule has 7 heteroatoms. The Morgan fingerprint density at radius 3 is 2.68 bits per heavy atom. The quantitative estimate of drug-likeness (QED) is 0.573. The van der Waals surface area contributed by atoms with Crippen LogP contribution in [0.5, 0.6) is 0 Å². The molecule has 2 heterocycles. The van der Waals surface area contributed by atoms with Gasteiger partial charge < -0.3 is 4.74 Å². The number of carbonyl (C=O) groups excluding carboxylic acids is 1. The molecule has 2 aromatic heterocycles. The highest BCUT2D eigenvalue weighted by molar-refractivity contribution is 9.10. The van der Waals surface area contributed by atoms with Gasteiger partial charge in [-0.3, -0.25) is 9.36 Å². The van der Waals surface area contributed by atoms with Gasteiger partial charge in [-0.05, 0) is 31.0 Å². The van der Waals surface area contributed by atoms with Crippen LogP contribution in [0.25, 0.3) is 21.3 Å². The van der Waals surface area contributed by atoms with Crippen molar-refractivity contribution in [2.45, 2.75) is 26.3 Å². The summed E-state index contributed by atoms with van der Waals surface area (Å²) in [7, 11) is 0. The molecule has 5 nitrogen and oxygen atoms in total. The van der Waals surface area contributed by atoms with Crippen LogP contribution in [-0.2, 0) is 9.53 Å². The van der Waals surface area contributed by atoms with E-state index in [2.05, 4.69) is 20.9 Å². The Labute approximate surface area is 157 Å². The van der Waals surface area contributed by atoms with Crippen LogP contribution in [0.3, 0.4) is 0 Å². The number of fused-ring (bicyclic) bond motifs is 1. The predicted molar refractivity (Wildman–Crippen MR) is 103 cm³/mol. The molecule has 0 saturated carbocycles. The van der Waals surface area contributed by atoms with Gasteiger partial charge in [0.2, 0.25) is 0 Å². The summed E-state index contributed by atoms with van der Waals surface area (Å²) < 4.78 is 7.45. The van der Waals surface area contributed by atoms with E-state index in [9.17, 15) is 9.59 Å². The maximum Gasteiger partial charge on any atom is 0.329 e. The third-order valence-corrected chi connectivity index (χ3v) is 5.37. The summed E-state index contributed by atoms with van der Waals surface area (Å²) in [6.07, 6.45) is 1.90. The van der Waals surface area contributed by atoms with Gasteiger partial charge in [0.05, 0.1) is 18.3 Å². The van der Waals surface area contributed by atoms with E-state index in [0.717, 1.165) is 15.6 Å². The molecule has 0 amide bonds. The van der Waals surface area contributed by atoms with Gasteiger partial charge in [-0.1, -0.05) is 35.0 Å². The summed E-state index contributed by atoms with van der Waals surface area (Å²) in [6.45, 7) is 3.88. The Bertz CT molecular complexity index is 963. The Hall–Kier alpha value is -1.99. The first-order valence-corrected chi connectivity index (χ1v) is 9.65. The summed E-state index contributed by atoms with van der Waals surface area (Å²) >= 11 is 4.84. The molecule has 25 heavy (non-hydrogen) atoms.